The highest BCUT2D eigenvalue weighted by molar-refractivity contribution is 6.04. The first kappa shape index (κ1) is 23.5. The van der Waals surface area contributed by atoms with Gasteiger partial charge in [0, 0.05) is 51.5 Å². The number of allylic oxidation sites excluding steroid dienone is 3. The fraction of sp³-hybridized carbons (Fsp3) is 0.379. The highest BCUT2D eigenvalue weighted by Crippen LogP contribution is 2.47. The van der Waals surface area contributed by atoms with Crippen LogP contribution in [0.2, 0.25) is 0 Å². The smallest absolute Gasteiger partial charge is 0.337 e. The number of dihydropyridines is 1. The Morgan fingerprint density at radius 1 is 1.03 bits per heavy atom. The molecule has 0 radical (unpaired) electrons. The van der Waals surface area contributed by atoms with E-state index in [0.29, 0.717) is 52.4 Å². The van der Waals surface area contributed by atoms with Crippen molar-refractivity contribution in [2.45, 2.75) is 63.4 Å². The Morgan fingerprint density at radius 2 is 1.84 bits per heavy atom. The number of nitroso groups, excluding NO2 is 1. The maximum absolute atomic E-state index is 13.8. The Kier molecular flexibility index (Phi) is 6.02. The van der Waals surface area contributed by atoms with E-state index in [1.165, 1.54) is 0 Å². The van der Waals surface area contributed by atoms with E-state index in [4.69, 9.17) is 14.2 Å². The van der Waals surface area contributed by atoms with Crippen LogP contribution < -0.4 is 20.0 Å². The number of ketones is 1. The predicted molar refractivity (Wildman–Crippen MR) is 134 cm³/mol. The van der Waals surface area contributed by atoms with Crippen LogP contribution in [0.4, 0.5) is 5.69 Å². The van der Waals surface area contributed by atoms with Crippen LogP contribution in [0.15, 0.2) is 65.0 Å². The van der Waals surface area contributed by atoms with Gasteiger partial charge in [0.15, 0.2) is 17.3 Å². The first-order valence-electron chi connectivity index (χ1n) is 12.8. The maximum atomic E-state index is 13.8. The summed E-state index contributed by atoms with van der Waals surface area (Å²) in [6.45, 7) is 2.05. The number of carbonyl (C=O) groups is 2. The second-order valence-electron chi connectivity index (χ2n) is 10.2. The van der Waals surface area contributed by atoms with Crippen LogP contribution in [-0.4, -0.2) is 24.6 Å². The second kappa shape index (κ2) is 9.50. The summed E-state index contributed by atoms with van der Waals surface area (Å²) in [5.41, 5.74) is 4.58. The SMILES string of the molecule is CC1=C(C(=O)OC2CCCC2)C(c2cccc([NH+]=O)c2)C2=C(CC(c3ccc4c(c3)OCO4)CC2=O)N1. The highest BCUT2D eigenvalue weighted by Gasteiger charge is 2.42. The third kappa shape index (κ3) is 4.30. The molecule has 2 aliphatic carbocycles. The number of hydrogen-bond acceptors (Lipinski definition) is 7. The van der Waals surface area contributed by atoms with Crippen LogP contribution in [-0.2, 0) is 14.3 Å². The van der Waals surface area contributed by atoms with Gasteiger partial charge in [0.1, 0.15) is 6.10 Å². The van der Waals surface area contributed by atoms with E-state index in [1.807, 2.05) is 36.4 Å². The number of Topliss-reactive ketones (excluding diaryl/α,β-unsaturated/α-hetero) is 1. The van der Waals surface area contributed by atoms with Crippen LogP contribution in [0.25, 0.3) is 0 Å². The maximum Gasteiger partial charge on any atom is 0.337 e. The van der Waals surface area contributed by atoms with Crippen LogP contribution in [0.5, 0.6) is 11.5 Å². The van der Waals surface area contributed by atoms with Crippen molar-refractivity contribution in [2.24, 2.45) is 0 Å². The summed E-state index contributed by atoms with van der Waals surface area (Å²) in [6.07, 6.45) is 4.62. The van der Waals surface area contributed by atoms with Crippen LogP contribution in [0.3, 0.4) is 0 Å². The molecule has 0 saturated heterocycles. The molecule has 8 heteroatoms. The molecule has 37 heavy (non-hydrogen) atoms. The minimum Gasteiger partial charge on any atom is -0.459 e. The van der Waals surface area contributed by atoms with Crippen molar-refractivity contribution in [3.8, 4) is 11.5 Å². The van der Waals surface area contributed by atoms with E-state index in [-0.39, 0.29) is 24.6 Å². The van der Waals surface area contributed by atoms with Gasteiger partial charge >= 0.3 is 5.97 Å². The van der Waals surface area contributed by atoms with Gasteiger partial charge in [-0.2, -0.15) is 0 Å². The molecule has 2 aliphatic heterocycles. The quantitative estimate of drug-likeness (QED) is 0.602. The van der Waals surface area contributed by atoms with Gasteiger partial charge in [-0.25, -0.2) is 4.79 Å². The Balaban J connectivity index is 1.38. The van der Waals surface area contributed by atoms with Gasteiger partial charge in [-0.3, -0.25) is 4.79 Å². The number of ether oxygens (including phenoxy) is 3. The monoisotopic (exact) mass is 501 g/mol. The molecule has 1 fully saturated rings. The number of esters is 1. The second-order valence-corrected chi connectivity index (χ2v) is 10.2. The van der Waals surface area contributed by atoms with Gasteiger partial charge < -0.3 is 19.5 Å². The average Bonchev–Trinajstić information content (AvgIpc) is 3.59. The average molecular weight is 502 g/mol. The number of nitrogens with one attached hydrogen (secondary N) is 2. The lowest BCUT2D eigenvalue weighted by molar-refractivity contribution is -0.379. The van der Waals surface area contributed by atoms with Crippen LogP contribution in [0.1, 0.15) is 68.4 Å². The zero-order chi connectivity index (χ0) is 25.5. The van der Waals surface area contributed by atoms with E-state index < -0.39 is 11.9 Å². The van der Waals surface area contributed by atoms with Gasteiger partial charge in [-0.05, 0) is 68.2 Å². The van der Waals surface area contributed by atoms with E-state index >= 15 is 0 Å². The molecule has 0 spiro atoms. The van der Waals surface area contributed by atoms with Crippen molar-refractivity contribution in [3.63, 3.8) is 0 Å². The molecule has 0 amide bonds. The number of rotatable bonds is 5. The molecule has 2 heterocycles. The lowest BCUT2D eigenvalue weighted by Gasteiger charge is -2.37. The lowest BCUT2D eigenvalue weighted by atomic mass is 9.71. The molecule has 8 nitrogen and oxygen atoms in total. The minimum atomic E-state index is -0.608. The van der Waals surface area contributed by atoms with Gasteiger partial charge in [0.25, 0.3) is 5.69 Å². The third-order valence-electron chi connectivity index (χ3n) is 7.83. The molecule has 2 unspecified atom stereocenters. The number of benzene rings is 2. The van der Waals surface area contributed by atoms with Crippen molar-refractivity contribution in [3.05, 3.63) is 81.0 Å². The summed E-state index contributed by atoms with van der Waals surface area (Å²) in [6, 6.07) is 12.8. The van der Waals surface area contributed by atoms with Crippen molar-refractivity contribution in [2.75, 3.05) is 6.79 Å². The Hall–Kier alpha value is -3.94. The fourth-order valence-corrected chi connectivity index (χ4v) is 6.05. The standard InChI is InChI=1S/C29H28N2O6/c1-16-26(29(33)37-21-7-2-3-8-21)27(18-5-4-6-20(11-18)31-34)28-22(30-16)12-19(13-23(28)32)17-9-10-24-25(14-17)36-15-35-24/h4-6,9-11,14,19,21,27,30H,2-3,7-8,12-13,15H2,1H3/p+1. The topological polar surface area (TPSA) is 105 Å². The van der Waals surface area contributed by atoms with Crippen molar-refractivity contribution >= 4 is 17.4 Å². The molecule has 6 rings (SSSR count). The summed E-state index contributed by atoms with van der Waals surface area (Å²) in [5.74, 6) is 0.319. The van der Waals surface area contributed by atoms with E-state index in [1.54, 1.807) is 18.2 Å². The number of carbonyl (C=O) groups excluding carboxylic acids is 2. The fourth-order valence-electron chi connectivity index (χ4n) is 6.05. The van der Waals surface area contributed by atoms with Gasteiger partial charge in [0.2, 0.25) is 6.79 Å². The van der Waals surface area contributed by atoms with Crippen LogP contribution >= 0.6 is 0 Å². The molecule has 2 atom stereocenters. The number of fused-ring (bicyclic) bond motifs is 1. The Bertz CT molecular complexity index is 1350. The normalized spacial score (nSPS) is 23.1. The molecule has 190 valence electrons. The summed E-state index contributed by atoms with van der Waals surface area (Å²) < 4.78 is 16.9. The zero-order valence-corrected chi connectivity index (χ0v) is 20.7. The van der Waals surface area contributed by atoms with Gasteiger partial charge in [-0.15, -0.1) is 0 Å². The third-order valence-corrected chi connectivity index (χ3v) is 7.83. The van der Waals surface area contributed by atoms with Gasteiger partial charge in [-0.1, -0.05) is 18.2 Å². The van der Waals surface area contributed by atoms with Crippen molar-refractivity contribution in [1.82, 2.24) is 5.32 Å². The number of hydrogen-bond donors (Lipinski definition) is 2. The molecule has 1 saturated carbocycles. The summed E-state index contributed by atoms with van der Waals surface area (Å²) in [5, 5.41) is 5.32. The molecule has 2 aromatic rings. The van der Waals surface area contributed by atoms with E-state index in [9.17, 15) is 14.5 Å². The van der Waals surface area contributed by atoms with Crippen LogP contribution in [0, 0.1) is 4.91 Å². The first-order valence-corrected chi connectivity index (χ1v) is 12.8. The summed E-state index contributed by atoms with van der Waals surface area (Å²) in [4.78, 5) is 38.8. The predicted octanol–water partition coefficient (Wildman–Crippen LogP) is 3.74. The summed E-state index contributed by atoms with van der Waals surface area (Å²) in [7, 11) is 0. The molecular weight excluding hydrogens is 472 g/mol. The van der Waals surface area contributed by atoms with Crippen molar-refractivity contribution in [1.29, 1.82) is 0 Å². The lowest BCUT2D eigenvalue weighted by Crippen LogP contribution is -2.55. The Morgan fingerprint density at radius 3 is 2.65 bits per heavy atom. The molecule has 0 bridgehead atoms. The molecule has 2 N–H and O–H groups in total. The summed E-state index contributed by atoms with van der Waals surface area (Å²) >= 11 is 0. The van der Waals surface area contributed by atoms with E-state index in [2.05, 4.69) is 5.32 Å². The molecule has 0 aromatic heterocycles. The largest absolute Gasteiger partial charge is 0.459 e. The van der Waals surface area contributed by atoms with E-state index in [0.717, 1.165) is 36.9 Å². The zero-order valence-electron chi connectivity index (χ0n) is 20.7. The molecule has 2 aromatic carbocycles. The Labute approximate surface area is 214 Å². The highest BCUT2D eigenvalue weighted by atomic mass is 16.7. The molecular formula is C29H29N2O6+. The van der Waals surface area contributed by atoms with Gasteiger partial charge in [0.05, 0.1) is 5.57 Å². The minimum absolute atomic E-state index is 0.0273. The molecule has 4 aliphatic rings. The van der Waals surface area contributed by atoms with Crippen molar-refractivity contribution < 1.29 is 29.0 Å². The first-order chi connectivity index (χ1) is 18.0.